The molecular formula is C31H35FN4O4S. The number of fused-ring (bicyclic) bond motifs is 5. The van der Waals surface area contributed by atoms with Gasteiger partial charge in [0, 0.05) is 48.2 Å². The zero-order valence-corrected chi connectivity index (χ0v) is 24.2. The van der Waals surface area contributed by atoms with E-state index in [1.54, 1.807) is 17.0 Å². The molecule has 216 valence electrons. The molecule has 0 bridgehead atoms. The largest absolute Gasteiger partial charge is 0.336 e. The number of nitrogens with zero attached hydrogens (tertiary/aromatic N) is 3. The van der Waals surface area contributed by atoms with Crippen molar-refractivity contribution >= 4 is 39.0 Å². The maximum atomic E-state index is 14.1. The van der Waals surface area contributed by atoms with Gasteiger partial charge in [0.25, 0.3) is 11.8 Å². The number of likely N-dealkylation sites (tertiary alicyclic amines) is 1. The molecule has 6 rings (SSSR count). The molecular weight excluding hydrogens is 543 g/mol. The van der Waals surface area contributed by atoms with Crippen LogP contribution >= 0.6 is 0 Å². The summed E-state index contributed by atoms with van der Waals surface area (Å²) in [5.41, 5.74) is 5.74. The molecule has 41 heavy (non-hydrogen) atoms. The average molecular weight is 579 g/mol. The first-order valence-corrected chi connectivity index (χ1v) is 15.7. The molecule has 1 N–H and O–H groups in total. The number of benzene rings is 2. The third-order valence-corrected chi connectivity index (χ3v) is 10.1. The van der Waals surface area contributed by atoms with Gasteiger partial charge in [-0.15, -0.1) is 0 Å². The first-order valence-electron chi connectivity index (χ1n) is 14.3. The number of carbonyl (C=O) groups is 2. The highest BCUT2D eigenvalue weighted by atomic mass is 32.2. The molecule has 0 spiro atoms. The predicted molar refractivity (Wildman–Crippen MR) is 157 cm³/mol. The van der Waals surface area contributed by atoms with E-state index in [1.807, 2.05) is 30.3 Å². The second kappa shape index (κ2) is 10.7. The van der Waals surface area contributed by atoms with Gasteiger partial charge < -0.3 is 9.47 Å². The van der Waals surface area contributed by atoms with Crippen LogP contribution in [-0.2, 0) is 21.5 Å². The molecule has 3 aromatic rings. The lowest BCUT2D eigenvalue weighted by molar-refractivity contribution is -0.126. The van der Waals surface area contributed by atoms with E-state index in [9.17, 15) is 22.4 Å². The number of hydrogen-bond donors (Lipinski definition) is 1. The zero-order chi connectivity index (χ0) is 28.9. The van der Waals surface area contributed by atoms with Crippen LogP contribution in [0.25, 0.3) is 28.2 Å². The van der Waals surface area contributed by atoms with Crippen LogP contribution in [0.2, 0.25) is 0 Å². The number of aromatic nitrogens is 1. The third-order valence-electron chi connectivity index (χ3n) is 8.65. The summed E-state index contributed by atoms with van der Waals surface area (Å²) in [6.07, 6.45) is 6.85. The summed E-state index contributed by atoms with van der Waals surface area (Å²) in [5.74, 6) is -0.574. The van der Waals surface area contributed by atoms with Crippen molar-refractivity contribution in [3.63, 3.8) is 0 Å². The summed E-state index contributed by atoms with van der Waals surface area (Å²) in [6.45, 7) is 0.742. The Kier molecular flexibility index (Phi) is 7.23. The zero-order valence-electron chi connectivity index (χ0n) is 23.4. The second-order valence-corrected chi connectivity index (χ2v) is 13.4. The summed E-state index contributed by atoms with van der Waals surface area (Å²) in [7, 11) is -1.26. The quantitative estimate of drug-likeness (QED) is 0.468. The number of rotatable bonds is 5. The van der Waals surface area contributed by atoms with Gasteiger partial charge in [-0.05, 0) is 54.5 Å². The molecule has 1 atom stereocenters. The monoisotopic (exact) mass is 578 g/mol. The summed E-state index contributed by atoms with van der Waals surface area (Å²) in [6, 6.07) is 13.3. The van der Waals surface area contributed by atoms with Crippen molar-refractivity contribution < 1.29 is 22.4 Å². The molecule has 2 aromatic carbocycles. The molecule has 2 fully saturated rings. The molecule has 2 aliphatic heterocycles. The van der Waals surface area contributed by atoms with Crippen LogP contribution in [0.15, 0.2) is 48.0 Å². The van der Waals surface area contributed by atoms with Gasteiger partial charge in [-0.2, -0.15) is 12.7 Å². The van der Waals surface area contributed by atoms with Crippen molar-refractivity contribution in [1.29, 1.82) is 0 Å². The lowest BCUT2D eigenvalue weighted by Crippen LogP contribution is -2.39. The van der Waals surface area contributed by atoms with Crippen molar-refractivity contribution in [3.05, 3.63) is 64.7 Å². The standard InChI is InChI=1S/C31H35FN4O4S/c1-34(2)41(39,40)33-30(37)22-12-13-26-27(17-22)36-18-23(31(38)35-15-14-24(32)19-35)16-21-10-6-7-11-25(21)29(36)28(26)20-8-4-3-5-9-20/h6-7,10-13,16-17,20,24H,3-5,8-9,14-15,18-19H2,1-2H3,(H,33,37)/t24-/m1/s1. The van der Waals surface area contributed by atoms with Crippen LogP contribution in [0, 0.1) is 0 Å². The number of halogens is 1. The first-order chi connectivity index (χ1) is 19.6. The Labute approximate surface area is 240 Å². The first kappa shape index (κ1) is 27.7. The highest BCUT2D eigenvalue weighted by molar-refractivity contribution is 7.87. The van der Waals surface area contributed by atoms with E-state index in [2.05, 4.69) is 15.4 Å². The van der Waals surface area contributed by atoms with Gasteiger partial charge in [-0.1, -0.05) is 49.6 Å². The lowest BCUT2D eigenvalue weighted by Gasteiger charge is -2.24. The minimum absolute atomic E-state index is 0.0924. The average Bonchev–Trinajstić information content (AvgIpc) is 3.48. The molecule has 1 aromatic heterocycles. The van der Waals surface area contributed by atoms with E-state index in [1.165, 1.54) is 26.1 Å². The van der Waals surface area contributed by atoms with E-state index in [0.29, 0.717) is 24.5 Å². The number of nitrogens with one attached hydrogen (secondary N) is 1. The van der Waals surface area contributed by atoms with E-state index in [4.69, 9.17) is 0 Å². The van der Waals surface area contributed by atoms with Crippen molar-refractivity contribution in [1.82, 2.24) is 18.5 Å². The minimum Gasteiger partial charge on any atom is -0.336 e. The predicted octanol–water partition coefficient (Wildman–Crippen LogP) is 4.86. The van der Waals surface area contributed by atoms with Gasteiger partial charge in [0.2, 0.25) is 0 Å². The van der Waals surface area contributed by atoms with Gasteiger partial charge in [-0.3, -0.25) is 9.59 Å². The maximum Gasteiger partial charge on any atom is 0.303 e. The Morgan fingerprint density at radius 1 is 1.02 bits per heavy atom. The van der Waals surface area contributed by atoms with Crippen molar-refractivity contribution in [3.8, 4) is 11.3 Å². The summed E-state index contributed by atoms with van der Waals surface area (Å²) >= 11 is 0. The van der Waals surface area contributed by atoms with E-state index >= 15 is 0 Å². The second-order valence-electron chi connectivity index (χ2n) is 11.5. The SMILES string of the molecule is CN(C)S(=O)(=O)NC(=O)c1ccc2c(C3CCCCC3)c3n(c2c1)CC(C(=O)N1CC[C@@H](F)C1)=Cc1ccccc1-3. The molecule has 8 nitrogen and oxygen atoms in total. The maximum absolute atomic E-state index is 14.1. The molecule has 1 saturated carbocycles. The molecule has 0 unspecified atom stereocenters. The van der Waals surface area contributed by atoms with Crippen molar-refractivity contribution in [2.45, 2.75) is 57.2 Å². The van der Waals surface area contributed by atoms with Crippen molar-refractivity contribution in [2.24, 2.45) is 0 Å². The molecule has 1 saturated heterocycles. The number of alkyl halides is 1. The lowest BCUT2D eigenvalue weighted by atomic mass is 9.81. The van der Waals surface area contributed by atoms with Crippen LogP contribution in [-0.4, -0.2) is 67.4 Å². The summed E-state index contributed by atoms with van der Waals surface area (Å²) in [5, 5.41) is 1.01. The van der Waals surface area contributed by atoms with Crippen LogP contribution < -0.4 is 4.72 Å². The van der Waals surface area contributed by atoms with Gasteiger partial charge in [0.05, 0.1) is 18.8 Å². The van der Waals surface area contributed by atoms with Gasteiger partial charge >= 0.3 is 10.2 Å². The number of carbonyl (C=O) groups excluding carboxylic acids is 2. The number of amides is 2. The summed E-state index contributed by atoms with van der Waals surface area (Å²) < 4.78 is 44.0. The summed E-state index contributed by atoms with van der Waals surface area (Å²) in [4.78, 5) is 28.4. The van der Waals surface area contributed by atoms with Crippen LogP contribution in [0.3, 0.4) is 0 Å². The topological polar surface area (TPSA) is 91.7 Å². The Morgan fingerprint density at radius 3 is 2.49 bits per heavy atom. The fourth-order valence-electron chi connectivity index (χ4n) is 6.52. The third kappa shape index (κ3) is 5.08. The van der Waals surface area contributed by atoms with E-state index in [0.717, 1.165) is 57.7 Å². The molecule has 3 aliphatic rings. The molecule has 10 heteroatoms. The fourth-order valence-corrected chi connectivity index (χ4v) is 7.06. The Bertz CT molecular complexity index is 1670. The van der Waals surface area contributed by atoms with Gasteiger partial charge in [-0.25, -0.2) is 9.11 Å². The highest BCUT2D eigenvalue weighted by Crippen LogP contribution is 2.46. The highest BCUT2D eigenvalue weighted by Gasteiger charge is 2.33. The van der Waals surface area contributed by atoms with Crippen LogP contribution in [0.1, 0.15) is 65.9 Å². The van der Waals surface area contributed by atoms with Crippen LogP contribution in [0.5, 0.6) is 0 Å². The molecule has 1 aliphatic carbocycles. The molecule has 2 amide bonds. The normalized spacial score (nSPS) is 19.6. The van der Waals surface area contributed by atoms with Crippen molar-refractivity contribution in [2.75, 3.05) is 27.2 Å². The molecule has 3 heterocycles. The van der Waals surface area contributed by atoms with E-state index in [-0.39, 0.29) is 24.6 Å². The Hall–Kier alpha value is -3.50. The molecule has 0 radical (unpaired) electrons. The minimum atomic E-state index is -3.97. The fraction of sp³-hybridized carbons (Fsp3) is 0.419. The Balaban J connectivity index is 1.54. The van der Waals surface area contributed by atoms with Gasteiger partial charge in [0.15, 0.2) is 0 Å². The Morgan fingerprint density at radius 2 is 1.78 bits per heavy atom. The smallest absolute Gasteiger partial charge is 0.303 e. The van der Waals surface area contributed by atoms with Gasteiger partial charge in [0.1, 0.15) is 6.17 Å². The van der Waals surface area contributed by atoms with E-state index < -0.39 is 22.3 Å². The van der Waals surface area contributed by atoms with Crippen LogP contribution in [0.4, 0.5) is 4.39 Å². The number of hydrogen-bond acceptors (Lipinski definition) is 4.